The SMILES string of the molecule is CO[C@@H]1CC[C@H](C(=O)NCc2nc(C)c3c(n2)CCCC3)C[C@H]1N. The number of rotatable bonds is 4. The molecule has 0 bridgehead atoms. The van der Waals surface area contributed by atoms with Gasteiger partial charge in [-0.1, -0.05) is 0 Å². The van der Waals surface area contributed by atoms with Gasteiger partial charge in [0.1, 0.15) is 5.82 Å². The summed E-state index contributed by atoms with van der Waals surface area (Å²) in [6.45, 7) is 2.44. The Morgan fingerprint density at radius 2 is 2.08 bits per heavy atom. The molecule has 3 N–H and O–H groups in total. The number of methoxy groups -OCH3 is 1. The standard InChI is InChI=1S/C18H28N4O2/c1-11-13-5-3-4-6-15(13)22-17(21-11)10-20-18(23)12-7-8-16(24-2)14(19)9-12/h12,14,16H,3-10,19H2,1-2H3,(H,20,23)/t12-,14+,16+/m0/s1. The molecule has 2 aliphatic rings. The Hall–Kier alpha value is -1.53. The van der Waals surface area contributed by atoms with E-state index in [1.54, 1.807) is 7.11 Å². The molecular weight excluding hydrogens is 304 g/mol. The van der Waals surface area contributed by atoms with Crippen LogP contribution >= 0.6 is 0 Å². The number of fused-ring (bicyclic) bond motifs is 1. The molecule has 1 amide bonds. The molecule has 1 heterocycles. The van der Waals surface area contributed by atoms with Crippen molar-refractivity contribution in [1.82, 2.24) is 15.3 Å². The van der Waals surface area contributed by atoms with Gasteiger partial charge < -0.3 is 15.8 Å². The number of nitrogens with zero attached hydrogens (tertiary/aromatic N) is 2. The van der Waals surface area contributed by atoms with Gasteiger partial charge in [-0.15, -0.1) is 0 Å². The lowest BCUT2D eigenvalue weighted by Gasteiger charge is -2.32. The number of carbonyl (C=O) groups excluding carboxylic acids is 1. The molecule has 1 aromatic heterocycles. The van der Waals surface area contributed by atoms with Gasteiger partial charge in [-0.05, 0) is 57.4 Å². The van der Waals surface area contributed by atoms with E-state index in [1.165, 1.54) is 24.1 Å². The van der Waals surface area contributed by atoms with Crippen LogP contribution in [0.15, 0.2) is 0 Å². The quantitative estimate of drug-likeness (QED) is 0.870. The first-order chi connectivity index (χ1) is 11.6. The number of nitrogens with two attached hydrogens (primary N) is 1. The molecule has 132 valence electrons. The molecule has 1 aromatic rings. The highest BCUT2D eigenvalue weighted by Gasteiger charge is 2.31. The monoisotopic (exact) mass is 332 g/mol. The number of amides is 1. The second-order valence-electron chi connectivity index (χ2n) is 7.02. The smallest absolute Gasteiger partial charge is 0.223 e. The van der Waals surface area contributed by atoms with Crippen LogP contribution in [0.3, 0.4) is 0 Å². The lowest BCUT2D eigenvalue weighted by Crippen LogP contribution is -2.45. The summed E-state index contributed by atoms with van der Waals surface area (Å²) < 4.78 is 5.35. The fourth-order valence-corrected chi connectivity index (χ4v) is 3.94. The largest absolute Gasteiger partial charge is 0.380 e. The summed E-state index contributed by atoms with van der Waals surface area (Å²) in [7, 11) is 1.68. The van der Waals surface area contributed by atoms with Crippen LogP contribution in [0.1, 0.15) is 54.9 Å². The van der Waals surface area contributed by atoms with Gasteiger partial charge in [0.05, 0.1) is 12.6 Å². The van der Waals surface area contributed by atoms with Crippen molar-refractivity contribution in [2.24, 2.45) is 11.7 Å². The van der Waals surface area contributed by atoms with E-state index < -0.39 is 0 Å². The Balaban J connectivity index is 1.58. The van der Waals surface area contributed by atoms with E-state index in [0.717, 1.165) is 37.2 Å². The summed E-state index contributed by atoms with van der Waals surface area (Å²) in [5, 5.41) is 3.00. The van der Waals surface area contributed by atoms with Crippen molar-refractivity contribution in [2.75, 3.05) is 7.11 Å². The van der Waals surface area contributed by atoms with E-state index >= 15 is 0 Å². The molecule has 6 heteroatoms. The molecule has 0 aliphatic heterocycles. The number of aromatic nitrogens is 2. The maximum Gasteiger partial charge on any atom is 0.223 e. The summed E-state index contributed by atoms with van der Waals surface area (Å²) in [6.07, 6.45) is 6.92. The number of hydrogen-bond acceptors (Lipinski definition) is 5. The van der Waals surface area contributed by atoms with Crippen molar-refractivity contribution in [1.29, 1.82) is 0 Å². The zero-order valence-corrected chi connectivity index (χ0v) is 14.7. The maximum atomic E-state index is 12.4. The molecule has 0 saturated heterocycles. The number of aryl methyl sites for hydroxylation is 2. The molecule has 2 aliphatic carbocycles. The third-order valence-electron chi connectivity index (χ3n) is 5.36. The van der Waals surface area contributed by atoms with Gasteiger partial charge in [-0.2, -0.15) is 0 Å². The van der Waals surface area contributed by atoms with Crippen LogP contribution in [0.5, 0.6) is 0 Å². The van der Waals surface area contributed by atoms with E-state index in [0.29, 0.717) is 13.0 Å². The maximum absolute atomic E-state index is 12.4. The van der Waals surface area contributed by atoms with Crippen LogP contribution in [0.4, 0.5) is 0 Å². The summed E-state index contributed by atoms with van der Waals surface area (Å²) >= 11 is 0. The number of ether oxygens (including phenoxy) is 1. The van der Waals surface area contributed by atoms with Crippen LogP contribution in [0, 0.1) is 12.8 Å². The Morgan fingerprint density at radius 1 is 1.29 bits per heavy atom. The number of nitrogens with one attached hydrogen (secondary N) is 1. The zero-order chi connectivity index (χ0) is 17.1. The Labute approximate surface area is 143 Å². The minimum absolute atomic E-state index is 0.0369. The van der Waals surface area contributed by atoms with Crippen molar-refractivity contribution in [3.63, 3.8) is 0 Å². The third kappa shape index (κ3) is 3.75. The molecule has 3 rings (SSSR count). The van der Waals surface area contributed by atoms with Crippen LogP contribution in [-0.2, 0) is 28.9 Å². The van der Waals surface area contributed by atoms with Gasteiger partial charge >= 0.3 is 0 Å². The van der Waals surface area contributed by atoms with E-state index in [2.05, 4.69) is 15.3 Å². The highest BCUT2D eigenvalue weighted by molar-refractivity contribution is 5.78. The molecular formula is C18H28N4O2. The summed E-state index contributed by atoms with van der Waals surface area (Å²) in [5.74, 6) is 0.737. The minimum atomic E-state index is -0.0678. The van der Waals surface area contributed by atoms with Gasteiger partial charge in [0.25, 0.3) is 0 Å². The molecule has 3 atom stereocenters. The summed E-state index contributed by atoms with van der Waals surface area (Å²) in [6, 6.07) is -0.0678. The van der Waals surface area contributed by atoms with Gasteiger partial charge in [0, 0.05) is 30.5 Å². The molecule has 6 nitrogen and oxygen atoms in total. The molecule has 1 fully saturated rings. The minimum Gasteiger partial charge on any atom is -0.380 e. The van der Waals surface area contributed by atoms with E-state index in [9.17, 15) is 4.79 Å². The predicted molar refractivity (Wildman–Crippen MR) is 91.4 cm³/mol. The Morgan fingerprint density at radius 3 is 2.83 bits per heavy atom. The Kier molecular flexibility index (Phi) is 5.46. The Bertz CT molecular complexity index is 605. The topological polar surface area (TPSA) is 90.1 Å². The third-order valence-corrected chi connectivity index (χ3v) is 5.36. The average Bonchev–Trinajstić information content (AvgIpc) is 2.59. The fourth-order valence-electron chi connectivity index (χ4n) is 3.94. The van der Waals surface area contributed by atoms with E-state index in [-0.39, 0.29) is 24.0 Å². The molecule has 0 unspecified atom stereocenters. The van der Waals surface area contributed by atoms with Crippen molar-refractivity contribution < 1.29 is 9.53 Å². The average molecular weight is 332 g/mol. The molecule has 1 saturated carbocycles. The second-order valence-corrected chi connectivity index (χ2v) is 7.02. The molecule has 24 heavy (non-hydrogen) atoms. The highest BCUT2D eigenvalue weighted by atomic mass is 16.5. The van der Waals surface area contributed by atoms with Gasteiger partial charge in [0.15, 0.2) is 0 Å². The van der Waals surface area contributed by atoms with Crippen molar-refractivity contribution >= 4 is 5.91 Å². The van der Waals surface area contributed by atoms with Crippen LogP contribution in [0.2, 0.25) is 0 Å². The van der Waals surface area contributed by atoms with Gasteiger partial charge in [0.2, 0.25) is 5.91 Å². The van der Waals surface area contributed by atoms with Crippen molar-refractivity contribution in [2.45, 2.75) is 70.6 Å². The normalized spacial score (nSPS) is 26.7. The van der Waals surface area contributed by atoms with Crippen LogP contribution in [0.25, 0.3) is 0 Å². The zero-order valence-electron chi connectivity index (χ0n) is 14.7. The van der Waals surface area contributed by atoms with Crippen molar-refractivity contribution in [3.8, 4) is 0 Å². The second kappa shape index (κ2) is 7.57. The molecule has 0 radical (unpaired) electrons. The first-order valence-corrected chi connectivity index (χ1v) is 9.00. The van der Waals surface area contributed by atoms with Crippen LogP contribution in [-0.4, -0.2) is 35.1 Å². The summed E-state index contributed by atoms with van der Waals surface area (Å²) in [5.41, 5.74) is 9.63. The highest BCUT2D eigenvalue weighted by Crippen LogP contribution is 2.25. The fraction of sp³-hybridized carbons (Fsp3) is 0.722. The molecule has 0 aromatic carbocycles. The van der Waals surface area contributed by atoms with Crippen LogP contribution < -0.4 is 11.1 Å². The van der Waals surface area contributed by atoms with Crippen molar-refractivity contribution in [3.05, 3.63) is 22.8 Å². The number of hydrogen-bond donors (Lipinski definition) is 2. The van der Waals surface area contributed by atoms with E-state index in [1.807, 2.05) is 6.92 Å². The first-order valence-electron chi connectivity index (χ1n) is 9.00. The lowest BCUT2D eigenvalue weighted by molar-refractivity contribution is -0.127. The number of carbonyl (C=O) groups is 1. The van der Waals surface area contributed by atoms with Gasteiger partial charge in [-0.3, -0.25) is 4.79 Å². The molecule has 0 spiro atoms. The first kappa shape index (κ1) is 17.3. The lowest BCUT2D eigenvalue weighted by atomic mass is 9.83. The summed E-state index contributed by atoms with van der Waals surface area (Å²) in [4.78, 5) is 21.7. The van der Waals surface area contributed by atoms with E-state index in [4.69, 9.17) is 10.5 Å². The predicted octanol–water partition coefficient (Wildman–Crippen LogP) is 1.42. The van der Waals surface area contributed by atoms with Gasteiger partial charge in [-0.25, -0.2) is 9.97 Å².